The van der Waals surface area contributed by atoms with E-state index in [0.717, 1.165) is 25.3 Å². The van der Waals surface area contributed by atoms with Gasteiger partial charge in [0, 0.05) is 0 Å². The van der Waals surface area contributed by atoms with E-state index in [1.807, 2.05) is 0 Å². The zero-order valence-corrected chi connectivity index (χ0v) is 13.2. The Hall–Kier alpha value is 0.979. The summed E-state index contributed by atoms with van der Waals surface area (Å²) in [7, 11) is 8.51. The van der Waals surface area contributed by atoms with Gasteiger partial charge in [-0.3, -0.25) is 0 Å². The number of hydrogen-bond donors (Lipinski definition) is 0. The summed E-state index contributed by atoms with van der Waals surface area (Å²) in [6.07, 6.45) is 0. The molecular formula is C7H13IN2Se2. The van der Waals surface area contributed by atoms with Gasteiger partial charge >= 0.3 is 77.8 Å². The average molecular weight is 410 g/mol. The molecule has 0 bridgehead atoms. The Morgan fingerprint density at radius 1 is 1.25 bits per heavy atom. The summed E-state index contributed by atoms with van der Waals surface area (Å²) >= 11 is 1.46. The first kappa shape index (κ1) is 13.0. The Balaban J connectivity index is 0.00000121. The smallest absolute Gasteiger partial charge is 1.00 e. The van der Waals surface area contributed by atoms with Crippen molar-refractivity contribution < 1.29 is 24.0 Å². The Labute approximate surface area is 101 Å². The van der Waals surface area contributed by atoms with Gasteiger partial charge in [0.25, 0.3) is 0 Å². The van der Waals surface area contributed by atoms with Gasteiger partial charge in [0.1, 0.15) is 0 Å². The Morgan fingerprint density at radius 2 is 1.83 bits per heavy atom. The van der Waals surface area contributed by atoms with Gasteiger partial charge in [-0.05, 0) is 0 Å². The maximum Gasteiger partial charge on any atom is -1.00 e. The molecule has 0 aliphatic heterocycles. The molecule has 70 valence electrons. The van der Waals surface area contributed by atoms with Crippen molar-refractivity contribution in [3.8, 4) is 0 Å². The van der Waals surface area contributed by atoms with E-state index in [0.29, 0.717) is 0 Å². The first-order valence-electron chi connectivity index (χ1n) is 3.39. The van der Waals surface area contributed by atoms with Crippen LogP contribution in [0.3, 0.4) is 0 Å². The van der Waals surface area contributed by atoms with Crippen molar-refractivity contribution in [2.45, 2.75) is 0 Å². The Morgan fingerprint density at radius 3 is 2.08 bits per heavy atom. The topological polar surface area (TPSA) is 6.25 Å². The molecule has 12 heavy (non-hydrogen) atoms. The quantitative estimate of drug-likeness (QED) is 0.260. The van der Waals surface area contributed by atoms with Crippen LogP contribution in [0.15, 0.2) is 6.07 Å². The van der Waals surface area contributed by atoms with Gasteiger partial charge in [0.05, 0.1) is 0 Å². The zero-order valence-electron chi connectivity index (χ0n) is 7.67. The van der Waals surface area contributed by atoms with E-state index in [1.165, 1.54) is 8.79 Å². The van der Waals surface area contributed by atoms with Crippen LogP contribution < -0.4 is 37.7 Å². The maximum atomic E-state index is 2.33. The SMILES string of the molecule is CN(C)c1cc(=[N+](C)C)[se][se]1.[I-]. The van der Waals surface area contributed by atoms with Crippen molar-refractivity contribution in [2.75, 3.05) is 33.1 Å². The summed E-state index contributed by atoms with van der Waals surface area (Å²) in [4.78, 5) is 2.23. The first-order valence-corrected chi connectivity index (χ1v) is 9.43. The number of nitrogens with zero attached hydrogens (tertiary/aromatic N) is 2. The zero-order chi connectivity index (χ0) is 8.43. The van der Waals surface area contributed by atoms with Crippen LogP contribution in [0.25, 0.3) is 0 Å². The standard InChI is InChI=1S/C7H13N2Se2.HI/c1-8(2)6-5-7(9(3)4)11-10-6;/h5H,1-4H3;1H/q+1;/p-1. The second kappa shape index (κ2) is 5.66. The van der Waals surface area contributed by atoms with E-state index in [-0.39, 0.29) is 24.0 Å². The summed E-state index contributed by atoms with van der Waals surface area (Å²) in [6, 6.07) is 2.33. The second-order valence-corrected chi connectivity index (χ2v) is 8.86. The van der Waals surface area contributed by atoms with Gasteiger partial charge < -0.3 is 24.0 Å². The van der Waals surface area contributed by atoms with Crippen LogP contribution in [0, 0.1) is 0 Å². The fourth-order valence-corrected chi connectivity index (χ4v) is 8.84. The summed E-state index contributed by atoms with van der Waals surface area (Å²) in [6.45, 7) is 0. The third-order valence-electron chi connectivity index (χ3n) is 1.34. The molecular weight excluding hydrogens is 397 g/mol. The van der Waals surface area contributed by atoms with Gasteiger partial charge in [-0.15, -0.1) is 0 Å². The van der Waals surface area contributed by atoms with Gasteiger partial charge in [0.15, 0.2) is 0 Å². The molecule has 0 unspecified atom stereocenters. The molecule has 0 spiro atoms. The Kier molecular flexibility index (Phi) is 6.12. The summed E-state index contributed by atoms with van der Waals surface area (Å²) in [5, 5.41) is 0. The monoisotopic (exact) mass is 412 g/mol. The molecule has 0 radical (unpaired) electrons. The van der Waals surface area contributed by atoms with Gasteiger partial charge in [-0.1, -0.05) is 0 Å². The van der Waals surface area contributed by atoms with E-state index in [4.69, 9.17) is 0 Å². The van der Waals surface area contributed by atoms with Crippen LogP contribution in [-0.4, -0.2) is 53.5 Å². The van der Waals surface area contributed by atoms with Crippen molar-refractivity contribution in [1.82, 2.24) is 4.58 Å². The number of anilines is 1. The number of halogens is 1. The molecule has 0 fully saturated rings. The van der Waals surface area contributed by atoms with E-state index < -0.39 is 0 Å². The van der Waals surface area contributed by atoms with E-state index in [9.17, 15) is 0 Å². The molecule has 0 N–H and O–H groups in total. The normalized spacial score (nSPS) is 9.00. The largest absolute Gasteiger partial charge is 1.00 e. The average Bonchev–Trinajstić information content (AvgIpc) is 2.33. The van der Waals surface area contributed by atoms with Crippen LogP contribution >= 0.6 is 0 Å². The van der Waals surface area contributed by atoms with Crippen LogP contribution in [0.4, 0.5) is 4.56 Å². The minimum Gasteiger partial charge on any atom is -1.00 e. The van der Waals surface area contributed by atoms with Crippen molar-refractivity contribution in [3.05, 3.63) is 10.3 Å². The van der Waals surface area contributed by atoms with Crippen molar-refractivity contribution in [1.29, 1.82) is 0 Å². The molecule has 2 nitrogen and oxygen atoms in total. The van der Waals surface area contributed by atoms with Crippen LogP contribution in [-0.2, 0) is 0 Å². The molecule has 0 atom stereocenters. The first-order chi connectivity index (χ1) is 5.11. The minimum atomic E-state index is 0. The molecule has 0 aliphatic carbocycles. The molecule has 1 aromatic rings. The predicted molar refractivity (Wildman–Crippen MR) is 51.8 cm³/mol. The van der Waals surface area contributed by atoms with Crippen LogP contribution in [0.5, 0.6) is 0 Å². The van der Waals surface area contributed by atoms with Crippen molar-refractivity contribution in [3.63, 3.8) is 0 Å². The van der Waals surface area contributed by atoms with E-state index in [2.05, 4.69) is 43.7 Å². The molecule has 1 aromatic heterocycles. The molecule has 0 aliphatic rings. The van der Waals surface area contributed by atoms with E-state index in [1.54, 1.807) is 0 Å². The van der Waals surface area contributed by atoms with Crippen LogP contribution in [0.1, 0.15) is 0 Å². The minimum absolute atomic E-state index is 0. The number of hydrogen-bond acceptors (Lipinski definition) is 1. The molecule has 1 heterocycles. The third kappa shape index (κ3) is 3.38. The molecule has 0 saturated carbocycles. The van der Waals surface area contributed by atoms with Crippen molar-refractivity contribution >= 4 is 29.8 Å². The summed E-state index contributed by atoms with van der Waals surface area (Å²) in [5.41, 5.74) is 0. The molecule has 0 saturated heterocycles. The predicted octanol–water partition coefficient (Wildman–Crippen LogP) is -4.10. The van der Waals surface area contributed by atoms with Crippen LogP contribution in [0.2, 0.25) is 0 Å². The molecule has 1 rings (SSSR count). The van der Waals surface area contributed by atoms with Gasteiger partial charge in [-0.2, -0.15) is 0 Å². The maximum absolute atomic E-state index is 2.33. The second-order valence-electron chi connectivity index (χ2n) is 2.78. The Bertz CT molecular complexity index is 296. The fourth-order valence-electron chi connectivity index (χ4n) is 0.646. The molecule has 5 heteroatoms. The summed E-state index contributed by atoms with van der Waals surface area (Å²) in [5.74, 6) is 0. The fraction of sp³-hybridized carbons (Fsp3) is 0.571. The molecule has 0 aromatic carbocycles. The van der Waals surface area contributed by atoms with E-state index >= 15 is 0 Å². The van der Waals surface area contributed by atoms with Gasteiger partial charge in [0.2, 0.25) is 0 Å². The number of rotatable bonds is 1. The summed E-state index contributed by atoms with van der Waals surface area (Å²) < 4.78 is 5.29. The third-order valence-corrected chi connectivity index (χ3v) is 8.89. The van der Waals surface area contributed by atoms with Gasteiger partial charge in [-0.25, -0.2) is 0 Å². The molecule has 0 amide bonds. The van der Waals surface area contributed by atoms with Crippen molar-refractivity contribution in [2.24, 2.45) is 0 Å².